The molecular weight excluding hydrogens is 190 g/mol. The largest absolute Gasteiger partial charge is 0.343 e. The van der Waals surface area contributed by atoms with Crippen LogP contribution in [0.25, 0.3) is 0 Å². The molecule has 0 unspecified atom stereocenters. The minimum absolute atomic E-state index is 0.563. The van der Waals surface area contributed by atoms with Crippen LogP contribution in [0.1, 0.15) is 17.5 Å². The molecule has 2 rings (SSSR count). The molecule has 0 bridgehead atoms. The first-order chi connectivity index (χ1) is 7.27. The van der Waals surface area contributed by atoms with Crippen molar-refractivity contribution in [1.29, 1.82) is 0 Å². The first-order valence-electron chi connectivity index (χ1n) is 5.32. The van der Waals surface area contributed by atoms with E-state index in [0.29, 0.717) is 26.2 Å². The topological polar surface area (TPSA) is 44.5 Å². The Kier molecular flexibility index (Phi) is 3.05. The fourth-order valence-corrected chi connectivity index (χ4v) is 1.91. The molecule has 0 aliphatic carbocycles. The maximum Gasteiger partial charge on any atom is 0.196 e. The van der Waals surface area contributed by atoms with E-state index >= 15 is 0 Å². The van der Waals surface area contributed by atoms with Crippen LogP contribution < -0.4 is 5.73 Å². The van der Waals surface area contributed by atoms with Gasteiger partial charge in [-0.05, 0) is 13.5 Å². The van der Waals surface area contributed by atoms with E-state index in [1.807, 2.05) is 0 Å². The van der Waals surface area contributed by atoms with E-state index in [1.165, 1.54) is 5.56 Å². The zero-order chi connectivity index (χ0) is 10.7. The lowest BCUT2D eigenvalue weighted by atomic mass is 10.0. The number of nitrogens with two attached hydrogens (primary N) is 1. The van der Waals surface area contributed by atoms with Gasteiger partial charge in [-0.1, -0.05) is 29.8 Å². The summed E-state index contributed by atoms with van der Waals surface area (Å²) in [6.07, 6.45) is 0.704. The van der Waals surface area contributed by atoms with Crippen LogP contribution in [0.3, 0.4) is 0 Å². The summed E-state index contributed by atoms with van der Waals surface area (Å²) in [6, 6.07) is 8.24. The molecule has 1 fully saturated rings. The molecule has 0 radical (unpaired) electrons. The lowest BCUT2D eigenvalue weighted by molar-refractivity contribution is -0.168. The van der Waals surface area contributed by atoms with Crippen LogP contribution in [0.5, 0.6) is 0 Å². The van der Waals surface area contributed by atoms with Gasteiger partial charge in [0.1, 0.15) is 0 Å². The normalized spacial score (nSPS) is 19.3. The standard InChI is InChI=1S/C12H17NO2/c1-10-2-4-11(5-3-10)12(6-7-13)14-8-9-15-12/h2-5H,6-9,13H2,1H3. The van der Waals surface area contributed by atoms with Crippen LogP contribution >= 0.6 is 0 Å². The number of hydrogen-bond donors (Lipinski definition) is 1. The molecule has 3 nitrogen and oxygen atoms in total. The van der Waals surface area contributed by atoms with E-state index in [1.54, 1.807) is 0 Å². The van der Waals surface area contributed by atoms with Crippen molar-refractivity contribution in [2.45, 2.75) is 19.1 Å². The van der Waals surface area contributed by atoms with Crippen LogP contribution in [0.15, 0.2) is 24.3 Å². The van der Waals surface area contributed by atoms with Crippen LogP contribution in [0, 0.1) is 6.92 Å². The van der Waals surface area contributed by atoms with Crippen molar-refractivity contribution < 1.29 is 9.47 Å². The smallest absolute Gasteiger partial charge is 0.196 e. The lowest BCUT2D eigenvalue weighted by Crippen LogP contribution is -2.30. The van der Waals surface area contributed by atoms with Crippen LogP contribution in [-0.4, -0.2) is 19.8 Å². The highest BCUT2D eigenvalue weighted by Crippen LogP contribution is 2.34. The fourth-order valence-electron chi connectivity index (χ4n) is 1.91. The van der Waals surface area contributed by atoms with Gasteiger partial charge in [0.25, 0.3) is 0 Å². The first kappa shape index (κ1) is 10.6. The van der Waals surface area contributed by atoms with E-state index in [4.69, 9.17) is 15.2 Å². The van der Waals surface area contributed by atoms with E-state index in [-0.39, 0.29) is 0 Å². The van der Waals surface area contributed by atoms with Crippen molar-refractivity contribution in [3.63, 3.8) is 0 Å². The summed E-state index contributed by atoms with van der Waals surface area (Å²) >= 11 is 0. The van der Waals surface area contributed by atoms with Gasteiger partial charge in [0.05, 0.1) is 13.2 Å². The molecule has 1 saturated heterocycles. The van der Waals surface area contributed by atoms with Gasteiger partial charge in [0.2, 0.25) is 0 Å². The van der Waals surface area contributed by atoms with Crippen LogP contribution in [0.4, 0.5) is 0 Å². The molecule has 1 aromatic carbocycles. The number of aryl methyl sites for hydroxylation is 1. The van der Waals surface area contributed by atoms with Crippen molar-refractivity contribution in [1.82, 2.24) is 0 Å². The third-order valence-corrected chi connectivity index (χ3v) is 2.72. The van der Waals surface area contributed by atoms with E-state index in [2.05, 4.69) is 31.2 Å². The Bertz CT molecular complexity index is 315. The highest BCUT2D eigenvalue weighted by atomic mass is 16.7. The van der Waals surface area contributed by atoms with Gasteiger partial charge in [-0.3, -0.25) is 0 Å². The summed E-state index contributed by atoms with van der Waals surface area (Å²) in [5.74, 6) is -0.595. The Hall–Kier alpha value is -0.900. The number of ether oxygens (including phenoxy) is 2. The summed E-state index contributed by atoms with van der Waals surface area (Å²) in [7, 11) is 0. The molecular formula is C12H17NO2. The molecule has 82 valence electrons. The Morgan fingerprint density at radius 3 is 2.33 bits per heavy atom. The molecule has 0 aromatic heterocycles. The summed E-state index contributed by atoms with van der Waals surface area (Å²) in [5, 5.41) is 0. The Labute approximate surface area is 90.2 Å². The average molecular weight is 207 g/mol. The average Bonchev–Trinajstić information content (AvgIpc) is 2.69. The molecule has 0 atom stereocenters. The van der Waals surface area contributed by atoms with Crippen LogP contribution in [0.2, 0.25) is 0 Å². The summed E-state index contributed by atoms with van der Waals surface area (Å²) in [5.41, 5.74) is 7.90. The molecule has 1 aromatic rings. The number of benzene rings is 1. The van der Waals surface area contributed by atoms with Gasteiger partial charge in [-0.25, -0.2) is 0 Å². The minimum Gasteiger partial charge on any atom is -0.343 e. The quantitative estimate of drug-likeness (QED) is 0.817. The van der Waals surface area contributed by atoms with Gasteiger partial charge < -0.3 is 15.2 Å². The zero-order valence-electron chi connectivity index (χ0n) is 9.03. The van der Waals surface area contributed by atoms with E-state index in [0.717, 1.165) is 5.56 Å². The molecule has 3 heteroatoms. The number of hydrogen-bond acceptors (Lipinski definition) is 3. The van der Waals surface area contributed by atoms with Crippen molar-refractivity contribution in [3.8, 4) is 0 Å². The molecule has 1 aliphatic heterocycles. The van der Waals surface area contributed by atoms with E-state index < -0.39 is 5.79 Å². The second-order valence-electron chi connectivity index (χ2n) is 3.85. The van der Waals surface area contributed by atoms with Crippen molar-refractivity contribution in [3.05, 3.63) is 35.4 Å². The maximum absolute atomic E-state index is 5.70. The second kappa shape index (κ2) is 4.31. The minimum atomic E-state index is -0.595. The maximum atomic E-state index is 5.70. The molecule has 2 N–H and O–H groups in total. The summed E-state index contributed by atoms with van der Waals surface area (Å²) < 4.78 is 11.4. The highest BCUT2D eigenvalue weighted by Gasteiger charge is 2.37. The SMILES string of the molecule is Cc1ccc(C2(CCN)OCCO2)cc1. The van der Waals surface area contributed by atoms with Gasteiger partial charge in [0, 0.05) is 12.0 Å². The molecule has 0 amide bonds. The lowest BCUT2D eigenvalue weighted by Gasteiger charge is -2.27. The van der Waals surface area contributed by atoms with Crippen LogP contribution in [-0.2, 0) is 15.3 Å². The van der Waals surface area contributed by atoms with Crippen molar-refractivity contribution in [2.75, 3.05) is 19.8 Å². The third-order valence-electron chi connectivity index (χ3n) is 2.72. The third kappa shape index (κ3) is 2.04. The highest BCUT2D eigenvalue weighted by molar-refractivity contribution is 5.25. The first-order valence-corrected chi connectivity index (χ1v) is 5.32. The predicted octanol–water partition coefficient (Wildman–Crippen LogP) is 1.54. The van der Waals surface area contributed by atoms with Crippen molar-refractivity contribution in [2.24, 2.45) is 5.73 Å². The molecule has 0 saturated carbocycles. The summed E-state index contributed by atoms with van der Waals surface area (Å²) in [6.45, 7) is 3.92. The Balaban J connectivity index is 2.28. The van der Waals surface area contributed by atoms with Crippen molar-refractivity contribution >= 4 is 0 Å². The van der Waals surface area contributed by atoms with Gasteiger partial charge in [0.15, 0.2) is 5.79 Å². The predicted molar refractivity (Wildman–Crippen MR) is 58.4 cm³/mol. The van der Waals surface area contributed by atoms with Gasteiger partial charge >= 0.3 is 0 Å². The molecule has 0 spiro atoms. The zero-order valence-corrected chi connectivity index (χ0v) is 9.03. The summed E-state index contributed by atoms with van der Waals surface area (Å²) in [4.78, 5) is 0. The van der Waals surface area contributed by atoms with Gasteiger partial charge in [-0.15, -0.1) is 0 Å². The number of rotatable bonds is 3. The molecule has 1 heterocycles. The Morgan fingerprint density at radius 1 is 1.20 bits per heavy atom. The van der Waals surface area contributed by atoms with E-state index in [9.17, 15) is 0 Å². The molecule has 15 heavy (non-hydrogen) atoms. The fraction of sp³-hybridized carbons (Fsp3) is 0.500. The monoisotopic (exact) mass is 207 g/mol. The second-order valence-corrected chi connectivity index (χ2v) is 3.85. The Morgan fingerprint density at radius 2 is 1.80 bits per heavy atom. The van der Waals surface area contributed by atoms with Gasteiger partial charge in [-0.2, -0.15) is 0 Å². The molecule has 1 aliphatic rings.